The molecule has 1 aliphatic carbocycles. The Balaban J connectivity index is 1.36. The van der Waals surface area contributed by atoms with Gasteiger partial charge >= 0.3 is 0 Å². The molecule has 138 valence electrons. The molecule has 2 aromatic carbocycles. The summed E-state index contributed by atoms with van der Waals surface area (Å²) >= 11 is 3.33. The van der Waals surface area contributed by atoms with E-state index in [9.17, 15) is 9.59 Å². The summed E-state index contributed by atoms with van der Waals surface area (Å²) in [5.74, 6) is 0.988. The first-order chi connectivity index (χ1) is 13.1. The SMILES string of the molecule is O=C(CNC(=O)c1cccc(Br)c1)Nc1ccc2nc(C3CCC3)[nH]c2c1. The molecular formula is C20H19BrN4O2. The van der Waals surface area contributed by atoms with Crippen molar-refractivity contribution in [3.63, 3.8) is 0 Å². The van der Waals surface area contributed by atoms with Crippen molar-refractivity contribution in [3.8, 4) is 0 Å². The molecule has 2 amide bonds. The molecule has 0 atom stereocenters. The van der Waals surface area contributed by atoms with Gasteiger partial charge in [-0.05, 0) is 49.2 Å². The number of H-pyrrole nitrogens is 1. The third-order valence-electron chi connectivity index (χ3n) is 4.77. The van der Waals surface area contributed by atoms with Gasteiger partial charge in [0.2, 0.25) is 5.91 Å². The highest BCUT2D eigenvalue weighted by molar-refractivity contribution is 9.10. The number of fused-ring (bicyclic) bond motifs is 1. The summed E-state index contributed by atoms with van der Waals surface area (Å²) in [6.07, 6.45) is 3.62. The van der Waals surface area contributed by atoms with Crippen molar-refractivity contribution < 1.29 is 9.59 Å². The van der Waals surface area contributed by atoms with E-state index in [-0.39, 0.29) is 18.4 Å². The zero-order chi connectivity index (χ0) is 18.8. The van der Waals surface area contributed by atoms with Crippen molar-refractivity contribution in [3.05, 3.63) is 58.3 Å². The number of halogens is 1. The van der Waals surface area contributed by atoms with Crippen molar-refractivity contribution in [1.82, 2.24) is 15.3 Å². The number of hydrogen-bond donors (Lipinski definition) is 3. The van der Waals surface area contributed by atoms with E-state index in [2.05, 4.69) is 36.5 Å². The fourth-order valence-electron chi connectivity index (χ4n) is 3.08. The molecule has 0 spiro atoms. The molecule has 1 fully saturated rings. The Morgan fingerprint density at radius 1 is 1.19 bits per heavy atom. The molecule has 1 saturated carbocycles. The number of anilines is 1. The lowest BCUT2D eigenvalue weighted by molar-refractivity contribution is -0.115. The number of benzene rings is 2. The van der Waals surface area contributed by atoms with Crippen LogP contribution >= 0.6 is 15.9 Å². The Hall–Kier alpha value is -2.67. The van der Waals surface area contributed by atoms with Gasteiger partial charge in [0.15, 0.2) is 0 Å². The molecule has 0 unspecified atom stereocenters. The van der Waals surface area contributed by atoms with E-state index < -0.39 is 0 Å². The number of aromatic nitrogens is 2. The van der Waals surface area contributed by atoms with Crippen LogP contribution in [0.1, 0.15) is 41.4 Å². The first kappa shape index (κ1) is 17.7. The van der Waals surface area contributed by atoms with Gasteiger partial charge in [-0.25, -0.2) is 4.98 Å². The van der Waals surface area contributed by atoms with Gasteiger partial charge in [-0.1, -0.05) is 28.4 Å². The summed E-state index contributed by atoms with van der Waals surface area (Å²) < 4.78 is 0.814. The van der Waals surface area contributed by atoms with Gasteiger partial charge < -0.3 is 15.6 Å². The second kappa shape index (κ2) is 7.52. The van der Waals surface area contributed by atoms with Gasteiger partial charge in [0.1, 0.15) is 5.82 Å². The second-order valence-corrected chi connectivity index (χ2v) is 7.64. The summed E-state index contributed by atoms with van der Waals surface area (Å²) in [7, 11) is 0. The number of nitrogens with zero attached hydrogens (tertiary/aromatic N) is 1. The van der Waals surface area contributed by atoms with Crippen LogP contribution in [0.3, 0.4) is 0 Å². The Kier molecular flexibility index (Phi) is 4.94. The number of rotatable bonds is 5. The Bertz CT molecular complexity index is 1010. The molecule has 7 heteroatoms. The molecule has 1 heterocycles. The number of amides is 2. The van der Waals surface area contributed by atoms with E-state index >= 15 is 0 Å². The molecule has 0 bridgehead atoms. The summed E-state index contributed by atoms with van der Waals surface area (Å²) in [4.78, 5) is 32.2. The smallest absolute Gasteiger partial charge is 0.251 e. The van der Waals surface area contributed by atoms with Crippen LogP contribution in [-0.2, 0) is 4.79 Å². The van der Waals surface area contributed by atoms with Crippen molar-refractivity contribution in [2.45, 2.75) is 25.2 Å². The number of imidazole rings is 1. The maximum absolute atomic E-state index is 12.2. The Morgan fingerprint density at radius 3 is 2.78 bits per heavy atom. The second-order valence-electron chi connectivity index (χ2n) is 6.72. The van der Waals surface area contributed by atoms with Crippen LogP contribution in [0.2, 0.25) is 0 Å². The zero-order valence-corrected chi connectivity index (χ0v) is 16.2. The van der Waals surface area contributed by atoms with E-state index in [4.69, 9.17) is 0 Å². The normalized spacial score (nSPS) is 14.0. The van der Waals surface area contributed by atoms with E-state index in [1.54, 1.807) is 18.2 Å². The molecule has 4 rings (SSSR count). The zero-order valence-electron chi connectivity index (χ0n) is 14.6. The molecule has 0 radical (unpaired) electrons. The predicted molar refractivity (Wildman–Crippen MR) is 108 cm³/mol. The minimum Gasteiger partial charge on any atom is -0.343 e. The van der Waals surface area contributed by atoms with Gasteiger partial charge in [-0.3, -0.25) is 9.59 Å². The molecule has 6 nitrogen and oxygen atoms in total. The van der Waals surface area contributed by atoms with Crippen LogP contribution < -0.4 is 10.6 Å². The third kappa shape index (κ3) is 4.03. The van der Waals surface area contributed by atoms with Crippen molar-refractivity contribution in [1.29, 1.82) is 0 Å². The van der Waals surface area contributed by atoms with Crippen LogP contribution in [0.25, 0.3) is 11.0 Å². The molecule has 1 aromatic heterocycles. The Morgan fingerprint density at radius 2 is 2.04 bits per heavy atom. The molecular weight excluding hydrogens is 408 g/mol. The minimum atomic E-state index is -0.291. The summed E-state index contributed by atoms with van der Waals surface area (Å²) in [6, 6.07) is 12.6. The molecule has 0 saturated heterocycles. The van der Waals surface area contributed by atoms with Gasteiger partial charge in [0.05, 0.1) is 17.6 Å². The first-order valence-electron chi connectivity index (χ1n) is 8.92. The van der Waals surface area contributed by atoms with Crippen LogP contribution in [0.4, 0.5) is 5.69 Å². The summed E-state index contributed by atoms with van der Waals surface area (Å²) in [6.45, 7) is -0.0975. The van der Waals surface area contributed by atoms with Gasteiger partial charge in [-0.2, -0.15) is 0 Å². The lowest BCUT2D eigenvalue weighted by atomic mass is 9.85. The highest BCUT2D eigenvalue weighted by Gasteiger charge is 2.22. The standard InChI is InChI=1S/C20H19BrN4O2/c21-14-6-2-5-13(9-14)20(27)22-11-18(26)23-15-7-8-16-17(10-15)25-19(24-16)12-3-1-4-12/h2,5-10,12H,1,3-4,11H2,(H,22,27)(H,23,26)(H,24,25). The maximum Gasteiger partial charge on any atom is 0.251 e. The van der Waals surface area contributed by atoms with Gasteiger partial charge in [0.25, 0.3) is 5.91 Å². The quantitative estimate of drug-likeness (QED) is 0.576. The lowest BCUT2D eigenvalue weighted by Gasteiger charge is -2.22. The van der Waals surface area contributed by atoms with E-state index in [0.717, 1.165) is 21.3 Å². The van der Waals surface area contributed by atoms with Crippen LogP contribution in [-0.4, -0.2) is 28.3 Å². The monoisotopic (exact) mass is 426 g/mol. The summed E-state index contributed by atoms with van der Waals surface area (Å²) in [5, 5.41) is 5.43. The topological polar surface area (TPSA) is 86.9 Å². The van der Waals surface area contributed by atoms with E-state index in [0.29, 0.717) is 17.2 Å². The number of carbonyl (C=O) groups excluding carboxylic acids is 2. The van der Waals surface area contributed by atoms with Crippen LogP contribution in [0.5, 0.6) is 0 Å². The molecule has 27 heavy (non-hydrogen) atoms. The number of hydrogen-bond acceptors (Lipinski definition) is 3. The molecule has 0 aliphatic heterocycles. The minimum absolute atomic E-state index is 0.0975. The first-order valence-corrected chi connectivity index (χ1v) is 9.71. The number of nitrogens with one attached hydrogen (secondary N) is 3. The third-order valence-corrected chi connectivity index (χ3v) is 5.27. The lowest BCUT2D eigenvalue weighted by Crippen LogP contribution is -2.32. The van der Waals surface area contributed by atoms with Crippen molar-refractivity contribution in [2.75, 3.05) is 11.9 Å². The molecule has 3 aromatic rings. The fourth-order valence-corrected chi connectivity index (χ4v) is 3.48. The number of aromatic amines is 1. The molecule has 1 aliphatic rings. The molecule has 3 N–H and O–H groups in total. The van der Waals surface area contributed by atoms with Gasteiger partial charge in [0, 0.05) is 21.6 Å². The highest BCUT2D eigenvalue weighted by atomic mass is 79.9. The van der Waals surface area contributed by atoms with Crippen LogP contribution in [0, 0.1) is 0 Å². The highest BCUT2D eigenvalue weighted by Crippen LogP contribution is 2.35. The maximum atomic E-state index is 12.2. The van der Waals surface area contributed by atoms with Crippen molar-refractivity contribution in [2.24, 2.45) is 0 Å². The van der Waals surface area contributed by atoms with Crippen LogP contribution in [0.15, 0.2) is 46.9 Å². The van der Waals surface area contributed by atoms with Crippen molar-refractivity contribution >= 4 is 44.5 Å². The number of carbonyl (C=O) groups is 2. The summed E-state index contributed by atoms with van der Waals surface area (Å²) in [5.41, 5.74) is 2.98. The fraction of sp³-hybridized carbons (Fsp3) is 0.250. The Labute approximate surface area is 164 Å². The average molecular weight is 427 g/mol. The predicted octanol–water partition coefficient (Wildman–Crippen LogP) is 3.96. The largest absolute Gasteiger partial charge is 0.343 e. The van der Waals surface area contributed by atoms with E-state index in [1.807, 2.05) is 24.3 Å². The average Bonchev–Trinajstić information content (AvgIpc) is 3.00. The van der Waals surface area contributed by atoms with E-state index in [1.165, 1.54) is 19.3 Å². The van der Waals surface area contributed by atoms with Gasteiger partial charge in [-0.15, -0.1) is 0 Å².